The molecule has 0 radical (unpaired) electrons. The van der Waals surface area contributed by atoms with Crippen LogP contribution in [0.2, 0.25) is 0 Å². The molecule has 1 heteroatoms. The van der Waals surface area contributed by atoms with Gasteiger partial charge in [0.15, 0.2) is 0 Å². The fraction of sp³-hybridized carbons (Fsp3) is 0.400. The van der Waals surface area contributed by atoms with Crippen molar-refractivity contribution in [2.45, 2.75) is 26.7 Å². The molecule has 0 aromatic carbocycles. The normalized spacial score (nSPS) is 11.1. The molecule has 0 aliphatic rings. The van der Waals surface area contributed by atoms with E-state index in [-0.39, 0.29) is 0 Å². The smallest absolute Gasteiger partial charge is 0.104 e. The van der Waals surface area contributed by atoms with Crippen molar-refractivity contribution in [2.75, 3.05) is 0 Å². The first-order valence-corrected chi connectivity index (χ1v) is 3.99. The zero-order valence-electron chi connectivity index (χ0n) is 7.13. The van der Waals surface area contributed by atoms with Crippen molar-refractivity contribution in [3.63, 3.8) is 0 Å². The Bertz CT molecular complexity index is 233. The summed E-state index contributed by atoms with van der Waals surface area (Å²) >= 11 is 0. The van der Waals surface area contributed by atoms with Crippen LogP contribution in [0.5, 0.6) is 0 Å². The average Bonchev–Trinajstić information content (AvgIpc) is 2.37. The molecule has 0 saturated carbocycles. The van der Waals surface area contributed by atoms with E-state index in [1.165, 1.54) is 0 Å². The number of aryl methyl sites for hydroxylation is 2. The maximum atomic E-state index is 5.40. The summed E-state index contributed by atoms with van der Waals surface area (Å²) in [5, 5.41) is 0. The SMILES string of the molecule is CC=CCCc1ccc(C)o1. The molecule has 1 aromatic rings. The van der Waals surface area contributed by atoms with Crippen LogP contribution in [0, 0.1) is 6.92 Å². The molecule has 1 nitrogen and oxygen atoms in total. The van der Waals surface area contributed by atoms with Crippen LogP contribution in [-0.4, -0.2) is 0 Å². The second kappa shape index (κ2) is 4.02. The van der Waals surface area contributed by atoms with Crippen LogP contribution in [0.4, 0.5) is 0 Å². The van der Waals surface area contributed by atoms with Crippen molar-refractivity contribution in [1.29, 1.82) is 0 Å². The number of hydrogen-bond donors (Lipinski definition) is 0. The molecule has 0 fully saturated rings. The van der Waals surface area contributed by atoms with Crippen LogP contribution < -0.4 is 0 Å². The summed E-state index contributed by atoms with van der Waals surface area (Å²) in [6, 6.07) is 4.05. The van der Waals surface area contributed by atoms with Gasteiger partial charge in [0, 0.05) is 6.42 Å². The number of allylic oxidation sites excluding steroid dienone is 2. The van der Waals surface area contributed by atoms with Crippen molar-refractivity contribution in [3.8, 4) is 0 Å². The molecule has 1 rings (SSSR count). The number of hydrogen-bond acceptors (Lipinski definition) is 1. The first kappa shape index (κ1) is 8.12. The molecule has 0 aliphatic carbocycles. The van der Waals surface area contributed by atoms with Gasteiger partial charge < -0.3 is 4.42 Å². The lowest BCUT2D eigenvalue weighted by Crippen LogP contribution is -1.76. The van der Waals surface area contributed by atoms with E-state index < -0.39 is 0 Å². The highest BCUT2D eigenvalue weighted by Crippen LogP contribution is 2.08. The Morgan fingerprint density at radius 2 is 2.27 bits per heavy atom. The van der Waals surface area contributed by atoms with Gasteiger partial charge in [-0.3, -0.25) is 0 Å². The number of rotatable bonds is 3. The highest BCUT2D eigenvalue weighted by molar-refractivity contribution is 5.06. The largest absolute Gasteiger partial charge is 0.466 e. The minimum Gasteiger partial charge on any atom is -0.466 e. The predicted octanol–water partition coefficient (Wildman–Crippen LogP) is 3.10. The van der Waals surface area contributed by atoms with Crippen LogP contribution in [0.15, 0.2) is 28.7 Å². The van der Waals surface area contributed by atoms with Gasteiger partial charge in [0.25, 0.3) is 0 Å². The summed E-state index contributed by atoms with van der Waals surface area (Å²) in [6.07, 6.45) is 6.30. The van der Waals surface area contributed by atoms with Crippen LogP contribution in [0.1, 0.15) is 24.9 Å². The van der Waals surface area contributed by atoms with Crippen LogP contribution in [0.25, 0.3) is 0 Å². The Balaban J connectivity index is 2.38. The molecule has 1 aromatic heterocycles. The highest BCUT2D eigenvalue weighted by Gasteiger charge is 1.94. The van der Waals surface area contributed by atoms with E-state index in [1.807, 2.05) is 26.0 Å². The van der Waals surface area contributed by atoms with E-state index in [0.29, 0.717) is 0 Å². The van der Waals surface area contributed by atoms with E-state index in [1.54, 1.807) is 0 Å². The maximum Gasteiger partial charge on any atom is 0.104 e. The lowest BCUT2D eigenvalue weighted by atomic mass is 10.2. The summed E-state index contributed by atoms with van der Waals surface area (Å²) < 4.78 is 5.40. The molecular formula is C10H14O. The maximum absolute atomic E-state index is 5.40. The van der Waals surface area contributed by atoms with Gasteiger partial charge >= 0.3 is 0 Å². The van der Waals surface area contributed by atoms with Crippen molar-refractivity contribution >= 4 is 0 Å². The third-order valence-corrected chi connectivity index (χ3v) is 1.59. The molecule has 0 bridgehead atoms. The third-order valence-electron chi connectivity index (χ3n) is 1.59. The van der Waals surface area contributed by atoms with Crippen LogP contribution >= 0.6 is 0 Å². The topological polar surface area (TPSA) is 13.1 Å². The van der Waals surface area contributed by atoms with Crippen LogP contribution in [0.3, 0.4) is 0 Å². The van der Waals surface area contributed by atoms with Gasteiger partial charge in [-0.2, -0.15) is 0 Å². The second-order valence-electron chi connectivity index (χ2n) is 2.62. The standard InChI is InChI=1S/C10H14O/c1-3-4-5-6-10-8-7-9(2)11-10/h3-4,7-8H,5-6H2,1-2H3. The minimum atomic E-state index is 1.00. The van der Waals surface area contributed by atoms with E-state index >= 15 is 0 Å². The summed E-state index contributed by atoms with van der Waals surface area (Å²) in [5.74, 6) is 2.08. The molecule has 0 aliphatic heterocycles. The summed E-state index contributed by atoms with van der Waals surface area (Å²) in [4.78, 5) is 0. The monoisotopic (exact) mass is 150 g/mol. The first-order valence-electron chi connectivity index (χ1n) is 3.99. The Morgan fingerprint density at radius 3 is 2.82 bits per heavy atom. The quantitative estimate of drug-likeness (QED) is 0.603. The van der Waals surface area contributed by atoms with E-state index in [2.05, 4.69) is 12.2 Å². The molecule has 0 N–H and O–H groups in total. The molecule has 0 amide bonds. The predicted molar refractivity (Wildman–Crippen MR) is 46.6 cm³/mol. The second-order valence-corrected chi connectivity index (χ2v) is 2.62. The van der Waals surface area contributed by atoms with Crippen molar-refractivity contribution in [1.82, 2.24) is 0 Å². The Morgan fingerprint density at radius 1 is 1.45 bits per heavy atom. The fourth-order valence-electron chi connectivity index (χ4n) is 1.01. The Labute approximate surface area is 67.7 Å². The highest BCUT2D eigenvalue weighted by atomic mass is 16.3. The molecule has 0 saturated heterocycles. The Kier molecular flexibility index (Phi) is 2.96. The van der Waals surface area contributed by atoms with Gasteiger partial charge in [-0.1, -0.05) is 12.2 Å². The molecule has 1 heterocycles. The van der Waals surface area contributed by atoms with Gasteiger partial charge in [-0.25, -0.2) is 0 Å². The van der Waals surface area contributed by atoms with E-state index in [4.69, 9.17) is 4.42 Å². The van der Waals surface area contributed by atoms with Gasteiger partial charge in [-0.05, 0) is 32.4 Å². The minimum absolute atomic E-state index is 1.00. The van der Waals surface area contributed by atoms with Gasteiger partial charge in [0.1, 0.15) is 11.5 Å². The first-order chi connectivity index (χ1) is 5.33. The fourth-order valence-corrected chi connectivity index (χ4v) is 1.01. The van der Waals surface area contributed by atoms with Gasteiger partial charge in [0.05, 0.1) is 0 Å². The summed E-state index contributed by atoms with van der Waals surface area (Å²) in [7, 11) is 0. The van der Waals surface area contributed by atoms with Crippen LogP contribution in [-0.2, 0) is 6.42 Å². The average molecular weight is 150 g/mol. The third kappa shape index (κ3) is 2.62. The van der Waals surface area contributed by atoms with Gasteiger partial charge in [-0.15, -0.1) is 0 Å². The molecule has 0 spiro atoms. The van der Waals surface area contributed by atoms with Crippen molar-refractivity contribution in [2.24, 2.45) is 0 Å². The summed E-state index contributed by atoms with van der Waals surface area (Å²) in [6.45, 7) is 4.01. The molecule has 0 atom stereocenters. The lowest BCUT2D eigenvalue weighted by Gasteiger charge is -1.89. The van der Waals surface area contributed by atoms with E-state index in [9.17, 15) is 0 Å². The van der Waals surface area contributed by atoms with E-state index in [0.717, 1.165) is 24.4 Å². The Hall–Kier alpha value is -0.980. The molecular weight excluding hydrogens is 136 g/mol. The zero-order chi connectivity index (χ0) is 8.10. The molecule has 11 heavy (non-hydrogen) atoms. The van der Waals surface area contributed by atoms with Crippen molar-refractivity contribution in [3.05, 3.63) is 35.8 Å². The zero-order valence-corrected chi connectivity index (χ0v) is 7.13. The lowest BCUT2D eigenvalue weighted by molar-refractivity contribution is 0.484. The number of furan rings is 1. The molecule has 0 unspecified atom stereocenters. The van der Waals surface area contributed by atoms with Crippen molar-refractivity contribution < 1.29 is 4.42 Å². The summed E-state index contributed by atoms with van der Waals surface area (Å²) in [5.41, 5.74) is 0. The van der Waals surface area contributed by atoms with Gasteiger partial charge in [0.2, 0.25) is 0 Å². The molecule has 60 valence electrons.